The van der Waals surface area contributed by atoms with Crippen molar-refractivity contribution in [3.8, 4) is 0 Å². The van der Waals surface area contributed by atoms with E-state index >= 15 is 0 Å². The molecule has 1 heterocycles. The molecular formula is C11H16N2O3S. The first-order valence-corrected chi connectivity index (χ1v) is 6.20. The Bertz CT molecular complexity index is 401. The molecule has 0 radical (unpaired) electrons. The summed E-state index contributed by atoms with van der Waals surface area (Å²) in [5.74, 6) is -0.132. The normalized spacial score (nSPS) is 10.4. The van der Waals surface area contributed by atoms with Gasteiger partial charge in [-0.2, -0.15) is 0 Å². The number of carbonyl (C=O) groups is 2. The summed E-state index contributed by atoms with van der Waals surface area (Å²) in [5, 5.41) is 5.07. The van der Waals surface area contributed by atoms with E-state index in [2.05, 4.69) is 15.0 Å². The van der Waals surface area contributed by atoms with Crippen LogP contribution in [0.4, 0.5) is 0 Å². The van der Waals surface area contributed by atoms with Crippen molar-refractivity contribution in [1.29, 1.82) is 0 Å². The van der Waals surface area contributed by atoms with Crippen molar-refractivity contribution in [2.75, 3.05) is 7.11 Å². The molecule has 0 saturated heterocycles. The van der Waals surface area contributed by atoms with Gasteiger partial charge >= 0.3 is 5.97 Å². The van der Waals surface area contributed by atoms with Gasteiger partial charge in [-0.05, 0) is 5.92 Å². The zero-order chi connectivity index (χ0) is 12.8. The minimum atomic E-state index is -0.457. The molecule has 0 unspecified atom stereocenters. The summed E-state index contributed by atoms with van der Waals surface area (Å²) in [4.78, 5) is 26.6. The van der Waals surface area contributed by atoms with E-state index < -0.39 is 5.97 Å². The van der Waals surface area contributed by atoms with Crippen LogP contribution in [0.1, 0.15) is 35.8 Å². The molecule has 0 bridgehead atoms. The molecule has 1 N–H and O–H groups in total. The number of amides is 1. The number of nitrogens with zero attached hydrogens (tertiary/aromatic N) is 1. The van der Waals surface area contributed by atoms with Crippen molar-refractivity contribution in [2.45, 2.75) is 26.8 Å². The van der Waals surface area contributed by atoms with Gasteiger partial charge in [0.15, 0.2) is 5.69 Å². The van der Waals surface area contributed by atoms with Crippen LogP contribution in [0.5, 0.6) is 0 Å². The van der Waals surface area contributed by atoms with Gasteiger partial charge in [0.1, 0.15) is 5.01 Å². The molecule has 1 aromatic heterocycles. The topological polar surface area (TPSA) is 68.3 Å². The number of rotatable bonds is 5. The number of aromatic nitrogens is 1. The molecule has 0 spiro atoms. The predicted octanol–water partition coefficient (Wildman–Crippen LogP) is 1.59. The quantitative estimate of drug-likeness (QED) is 0.812. The highest BCUT2D eigenvalue weighted by molar-refractivity contribution is 7.09. The van der Waals surface area contributed by atoms with Gasteiger partial charge in [0.05, 0.1) is 13.7 Å². The Balaban J connectivity index is 2.45. The minimum Gasteiger partial charge on any atom is -0.464 e. The molecule has 0 aliphatic rings. The first-order chi connectivity index (χ1) is 8.02. The molecule has 5 nitrogen and oxygen atoms in total. The first-order valence-electron chi connectivity index (χ1n) is 5.32. The van der Waals surface area contributed by atoms with Gasteiger partial charge in [0.2, 0.25) is 5.91 Å². The Morgan fingerprint density at radius 1 is 1.53 bits per heavy atom. The second-order valence-corrected chi connectivity index (χ2v) is 4.94. The molecule has 0 fully saturated rings. The largest absolute Gasteiger partial charge is 0.464 e. The van der Waals surface area contributed by atoms with Crippen LogP contribution in [-0.2, 0) is 16.1 Å². The summed E-state index contributed by atoms with van der Waals surface area (Å²) in [6.45, 7) is 4.32. The van der Waals surface area contributed by atoms with Crippen LogP contribution in [0.2, 0.25) is 0 Å². The zero-order valence-corrected chi connectivity index (χ0v) is 11.0. The number of hydrogen-bond acceptors (Lipinski definition) is 5. The van der Waals surface area contributed by atoms with E-state index in [-0.39, 0.29) is 11.6 Å². The zero-order valence-electron chi connectivity index (χ0n) is 10.1. The summed E-state index contributed by atoms with van der Waals surface area (Å²) in [6.07, 6.45) is 0.495. The lowest BCUT2D eigenvalue weighted by Crippen LogP contribution is -2.23. The van der Waals surface area contributed by atoms with Crippen LogP contribution < -0.4 is 5.32 Å². The van der Waals surface area contributed by atoms with Gasteiger partial charge in [0.25, 0.3) is 0 Å². The molecule has 0 aliphatic carbocycles. The van der Waals surface area contributed by atoms with Crippen LogP contribution in [0, 0.1) is 5.92 Å². The van der Waals surface area contributed by atoms with E-state index in [0.717, 1.165) is 0 Å². The molecule has 17 heavy (non-hydrogen) atoms. The monoisotopic (exact) mass is 256 g/mol. The highest BCUT2D eigenvalue weighted by Crippen LogP contribution is 2.10. The molecular weight excluding hydrogens is 240 g/mol. The molecule has 1 rings (SSSR count). The molecule has 6 heteroatoms. The highest BCUT2D eigenvalue weighted by Gasteiger charge is 2.11. The molecule has 1 amide bonds. The molecule has 1 aromatic rings. The smallest absolute Gasteiger partial charge is 0.357 e. The maximum absolute atomic E-state index is 11.4. The van der Waals surface area contributed by atoms with Crippen LogP contribution in [0.3, 0.4) is 0 Å². The van der Waals surface area contributed by atoms with Gasteiger partial charge in [0, 0.05) is 11.8 Å². The lowest BCUT2D eigenvalue weighted by molar-refractivity contribution is -0.121. The average Bonchev–Trinajstić information content (AvgIpc) is 2.73. The number of ether oxygens (including phenoxy) is 1. The fraction of sp³-hybridized carbons (Fsp3) is 0.545. The molecule has 0 saturated carbocycles. The lowest BCUT2D eigenvalue weighted by atomic mass is 10.1. The Kier molecular flexibility index (Phi) is 5.09. The third-order valence-corrected chi connectivity index (χ3v) is 2.83. The van der Waals surface area contributed by atoms with Crippen molar-refractivity contribution < 1.29 is 14.3 Å². The SMILES string of the molecule is COC(=O)c1csc(CNC(=O)CC(C)C)n1. The Morgan fingerprint density at radius 3 is 2.82 bits per heavy atom. The summed E-state index contributed by atoms with van der Waals surface area (Å²) < 4.78 is 4.55. The van der Waals surface area contributed by atoms with Gasteiger partial charge in [-0.25, -0.2) is 9.78 Å². The van der Waals surface area contributed by atoms with Crippen LogP contribution in [-0.4, -0.2) is 24.0 Å². The third-order valence-electron chi connectivity index (χ3n) is 1.98. The lowest BCUT2D eigenvalue weighted by Gasteiger charge is -2.04. The van der Waals surface area contributed by atoms with Crippen molar-refractivity contribution >= 4 is 23.2 Å². The average molecular weight is 256 g/mol. The van der Waals surface area contributed by atoms with E-state index in [9.17, 15) is 9.59 Å². The number of thiazole rings is 1. The number of nitrogens with one attached hydrogen (secondary N) is 1. The van der Waals surface area contributed by atoms with Crippen LogP contribution in [0.25, 0.3) is 0 Å². The number of methoxy groups -OCH3 is 1. The Labute approximate surface area is 104 Å². The number of hydrogen-bond donors (Lipinski definition) is 1. The minimum absolute atomic E-state index is 0.00480. The summed E-state index contributed by atoms with van der Waals surface area (Å²) in [6, 6.07) is 0. The van der Waals surface area contributed by atoms with Gasteiger partial charge in [-0.15, -0.1) is 11.3 Å². The Morgan fingerprint density at radius 2 is 2.24 bits per heavy atom. The van der Waals surface area contributed by atoms with Crippen LogP contribution in [0.15, 0.2) is 5.38 Å². The van der Waals surface area contributed by atoms with E-state index in [1.165, 1.54) is 18.4 Å². The first kappa shape index (κ1) is 13.6. The fourth-order valence-corrected chi connectivity index (χ4v) is 1.91. The van der Waals surface area contributed by atoms with Crippen molar-refractivity contribution in [2.24, 2.45) is 5.92 Å². The Hall–Kier alpha value is -1.43. The number of carbonyl (C=O) groups excluding carboxylic acids is 2. The van der Waals surface area contributed by atoms with E-state index in [1.807, 2.05) is 13.8 Å². The molecule has 0 atom stereocenters. The van der Waals surface area contributed by atoms with Gasteiger partial charge < -0.3 is 10.1 Å². The summed E-state index contributed by atoms with van der Waals surface area (Å²) in [7, 11) is 1.31. The van der Waals surface area contributed by atoms with E-state index in [4.69, 9.17) is 0 Å². The second-order valence-electron chi connectivity index (χ2n) is 3.99. The van der Waals surface area contributed by atoms with Crippen molar-refractivity contribution in [3.63, 3.8) is 0 Å². The second kappa shape index (κ2) is 6.34. The summed E-state index contributed by atoms with van der Waals surface area (Å²) >= 11 is 1.33. The highest BCUT2D eigenvalue weighted by atomic mass is 32.1. The van der Waals surface area contributed by atoms with E-state index in [1.54, 1.807) is 5.38 Å². The fourth-order valence-electron chi connectivity index (χ4n) is 1.21. The molecule has 0 aromatic carbocycles. The number of esters is 1. The maximum atomic E-state index is 11.4. The van der Waals surface area contributed by atoms with Crippen molar-refractivity contribution in [3.05, 3.63) is 16.1 Å². The van der Waals surface area contributed by atoms with Crippen molar-refractivity contribution in [1.82, 2.24) is 10.3 Å². The van der Waals surface area contributed by atoms with Gasteiger partial charge in [-0.3, -0.25) is 4.79 Å². The predicted molar refractivity (Wildman–Crippen MR) is 64.8 cm³/mol. The van der Waals surface area contributed by atoms with Gasteiger partial charge in [-0.1, -0.05) is 13.8 Å². The maximum Gasteiger partial charge on any atom is 0.357 e. The standard InChI is InChI=1S/C11H16N2O3S/c1-7(2)4-9(14)12-5-10-13-8(6-17-10)11(15)16-3/h6-7H,4-5H2,1-3H3,(H,12,14). The summed E-state index contributed by atoms with van der Waals surface area (Å²) in [5.41, 5.74) is 0.283. The van der Waals surface area contributed by atoms with E-state index in [0.29, 0.717) is 23.9 Å². The molecule has 94 valence electrons. The van der Waals surface area contributed by atoms with Crippen LogP contribution >= 0.6 is 11.3 Å². The third kappa shape index (κ3) is 4.52. The molecule has 0 aliphatic heterocycles.